The van der Waals surface area contributed by atoms with E-state index < -0.39 is 0 Å². The lowest BCUT2D eigenvalue weighted by molar-refractivity contribution is 0.414. The van der Waals surface area contributed by atoms with E-state index in [9.17, 15) is 0 Å². The van der Waals surface area contributed by atoms with Crippen molar-refractivity contribution in [3.63, 3.8) is 0 Å². The van der Waals surface area contributed by atoms with Gasteiger partial charge in [-0.1, -0.05) is 69.5 Å². The van der Waals surface area contributed by atoms with Gasteiger partial charge in [0.05, 0.1) is 12.8 Å². The SMILES string of the molecule is C#C.C=C.C=C1N[C@H](c2ccc(OC)cc2)N2CCCc3c(Cl)ccc1c32.C=CC=C.CC. The van der Waals surface area contributed by atoms with Crippen LogP contribution in [0.1, 0.15) is 43.1 Å². The number of rotatable bonds is 3. The molecule has 0 bridgehead atoms. The Bertz CT molecular complexity index is 909. The average molecular weight is 465 g/mol. The largest absolute Gasteiger partial charge is 0.497 e. The number of nitrogens with one attached hydrogen (secondary N) is 1. The summed E-state index contributed by atoms with van der Waals surface area (Å²) >= 11 is 6.45. The predicted octanol–water partition coefficient (Wildman–Crippen LogP) is 7.81. The summed E-state index contributed by atoms with van der Waals surface area (Å²) in [6.07, 6.45) is 13.5. The van der Waals surface area contributed by atoms with E-state index in [-0.39, 0.29) is 6.17 Å². The molecule has 4 heteroatoms. The van der Waals surface area contributed by atoms with Crippen molar-refractivity contribution in [3.05, 3.63) is 103 Å². The molecule has 1 atom stereocenters. The fourth-order valence-electron chi connectivity index (χ4n) is 3.59. The molecule has 2 aliphatic heterocycles. The van der Waals surface area contributed by atoms with Gasteiger partial charge in [-0.05, 0) is 48.2 Å². The van der Waals surface area contributed by atoms with Crippen molar-refractivity contribution in [2.45, 2.75) is 32.9 Å². The number of hydrogen-bond donors (Lipinski definition) is 1. The standard InChI is InChI=1S/C19H19ClN2O.C4H6.C2H6.C2H4.C2H2/c1-12-15-9-10-17(20)16-4-3-11-22(18(15)16)19(21-12)13-5-7-14(23-2)8-6-13;1-3-4-2;3*1-2/h5-10,19,21H,1,3-4,11H2,2H3;3-4H,1-2H2;1-2H3;1-2H2;1-2H/t19-;;;;/m0..../s1. The molecule has 2 heterocycles. The summed E-state index contributed by atoms with van der Waals surface area (Å²) < 4.78 is 5.26. The first kappa shape index (κ1) is 29.7. The fraction of sp³-hybridized carbons (Fsp3) is 0.241. The van der Waals surface area contributed by atoms with Crippen LogP contribution in [0.5, 0.6) is 5.75 Å². The van der Waals surface area contributed by atoms with Crippen LogP contribution in [0.25, 0.3) is 5.70 Å². The van der Waals surface area contributed by atoms with Crippen LogP contribution < -0.4 is 15.0 Å². The molecule has 0 saturated heterocycles. The molecular weight excluding hydrogens is 428 g/mol. The van der Waals surface area contributed by atoms with Crippen molar-refractivity contribution in [2.75, 3.05) is 18.6 Å². The molecular formula is C29H37ClN2O. The topological polar surface area (TPSA) is 24.5 Å². The third-order valence-corrected chi connectivity index (χ3v) is 5.24. The van der Waals surface area contributed by atoms with Crippen molar-refractivity contribution in [2.24, 2.45) is 0 Å². The second-order valence-electron chi connectivity index (χ2n) is 6.49. The number of ether oxygens (including phenoxy) is 1. The molecule has 176 valence electrons. The zero-order valence-electron chi connectivity index (χ0n) is 20.2. The Labute approximate surface area is 206 Å². The van der Waals surface area contributed by atoms with E-state index in [1.165, 1.54) is 16.8 Å². The first-order valence-corrected chi connectivity index (χ1v) is 11.2. The van der Waals surface area contributed by atoms with Gasteiger partial charge in [-0.3, -0.25) is 0 Å². The van der Waals surface area contributed by atoms with Gasteiger partial charge in [0.15, 0.2) is 0 Å². The van der Waals surface area contributed by atoms with Crippen LogP contribution in [0.3, 0.4) is 0 Å². The summed E-state index contributed by atoms with van der Waals surface area (Å²) in [5.41, 5.74) is 5.81. The molecule has 2 aromatic rings. The molecule has 0 unspecified atom stereocenters. The Morgan fingerprint density at radius 1 is 1.06 bits per heavy atom. The predicted molar refractivity (Wildman–Crippen MR) is 148 cm³/mol. The average Bonchev–Trinajstić information content (AvgIpc) is 2.91. The lowest BCUT2D eigenvalue weighted by Crippen LogP contribution is -2.44. The third-order valence-electron chi connectivity index (χ3n) is 4.88. The van der Waals surface area contributed by atoms with Crippen LogP contribution in [0, 0.1) is 12.8 Å². The highest BCUT2D eigenvalue weighted by atomic mass is 35.5. The number of benzene rings is 2. The molecule has 0 radical (unpaired) electrons. The molecule has 3 nitrogen and oxygen atoms in total. The van der Waals surface area contributed by atoms with Gasteiger partial charge in [-0.15, -0.1) is 26.0 Å². The summed E-state index contributed by atoms with van der Waals surface area (Å²) in [6, 6.07) is 12.3. The van der Waals surface area contributed by atoms with Gasteiger partial charge in [0.25, 0.3) is 0 Å². The molecule has 33 heavy (non-hydrogen) atoms. The lowest BCUT2D eigenvalue weighted by Gasteiger charge is -2.44. The number of methoxy groups -OCH3 is 1. The summed E-state index contributed by atoms with van der Waals surface area (Å²) in [6.45, 7) is 22.0. The van der Waals surface area contributed by atoms with Crippen LogP contribution in [0.2, 0.25) is 5.02 Å². The summed E-state index contributed by atoms with van der Waals surface area (Å²) in [5.74, 6) is 0.867. The molecule has 0 aromatic heterocycles. The van der Waals surface area contributed by atoms with Crippen molar-refractivity contribution >= 4 is 23.0 Å². The number of terminal acetylenes is 1. The van der Waals surface area contributed by atoms with Gasteiger partial charge in [-0.2, -0.15) is 0 Å². The maximum Gasteiger partial charge on any atom is 0.126 e. The van der Waals surface area contributed by atoms with Crippen molar-refractivity contribution < 1.29 is 4.74 Å². The number of nitrogens with zero attached hydrogens (tertiary/aromatic N) is 1. The molecule has 0 saturated carbocycles. The second-order valence-corrected chi connectivity index (χ2v) is 6.90. The van der Waals surface area contributed by atoms with Crippen LogP contribution in [-0.4, -0.2) is 13.7 Å². The molecule has 0 spiro atoms. The minimum absolute atomic E-state index is 0.0819. The van der Waals surface area contributed by atoms with Gasteiger partial charge in [0, 0.05) is 22.8 Å². The first-order chi connectivity index (χ1) is 16.1. The van der Waals surface area contributed by atoms with Crippen molar-refractivity contribution in [3.8, 4) is 18.6 Å². The number of anilines is 1. The number of hydrogen-bond acceptors (Lipinski definition) is 3. The maximum absolute atomic E-state index is 6.45. The highest BCUT2D eigenvalue weighted by Gasteiger charge is 2.33. The zero-order chi connectivity index (χ0) is 25.4. The van der Waals surface area contributed by atoms with Crippen LogP contribution in [0.15, 0.2) is 81.4 Å². The fourth-order valence-corrected chi connectivity index (χ4v) is 3.83. The normalized spacial score (nSPS) is 14.3. The lowest BCUT2D eigenvalue weighted by atomic mass is 9.92. The van der Waals surface area contributed by atoms with Crippen LogP contribution in [0.4, 0.5) is 5.69 Å². The number of halogens is 1. The zero-order valence-corrected chi connectivity index (χ0v) is 21.0. The van der Waals surface area contributed by atoms with E-state index in [4.69, 9.17) is 16.3 Å². The van der Waals surface area contributed by atoms with E-state index in [2.05, 4.69) is 74.2 Å². The molecule has 0 aliphatic carbocycles. The number of allylic oxidation sites excluding steroid dienone is 2. The molecule has 0 fully saturated rings. The summed E-state index contributed by atoms with van der Waals surface area (Å²) in [4.78, 5) is 2.41. The van der Waals surface area contributed by atoms with E-state index in [0.717, 1.165) is 41.4 Å². The highest BCUT2D eigenvalue weighted by molar-refractivity contribution is 6.32. The molecule has 2 aromatic carbocycles. The van der Waals surface area contributed by atoms with Crippen LogP contribution in [-0.2, 0) is 6.42 Å². The van der Waals surface area contributed by atoms with Crippen LogP contribution >= 0.6 is 11.6 Å². The minimum Gasteiger partial charge on any atom is -0.497 e. The third kappa shape index (κ3) is 7.34. The Morgan fingerprint density at radius 3 is 2.15 bits per heavy atom. The Kier molecular flexibility index (Phi) is 14.7. The summed E-state index contributed by atoms with van der Waals surface area (Å²) in [7, 11) is 1.69. The minimum atomic E-state index is 0.0819. The maximum atomic E-state index is 6.45. The smallest absolute Gasteiger partial charge is 0.126 e. The quantitative estimate of drug-likeness (QED) is 0.284. The van der Waals surface area contributed by atoms with Crippen molar-refractivity contribution in [1.29, 1.82) is 0 Å². The summed E-state index contributed by atoms with van der Waals surface area (Å²) in [5, 5.41) is 4.41. The Balaban J connectivity index is 0.000000896. The van der Waals surface area contributed by atoms with E-state index >= 15 is 0 Å². The monoisotopic (exact) mass is 464 g/mol. The first-order valence-electron chi connectivity index (χ1n) is 10.8. The van der Waals surface area contributed by atoms with Crippen molar-refractivity contribution in [1.82, 2.24) is 5.32 Å². The van der Waals surface area contributed by atoms with Gasteiger partial charge in [0.1, 0.15) is 11.9 Å². The molecule has 0 amide bonds. The van der Waals surface area contributed by atoms with Gasteiger partial charge in [0.2, 0.25) is 0 Å². The Morgan fingerprint density at radius 2 is 1.64 bits per heavy atom. The highest BCUT2D eigenvalue weighted by Crippen LogP contribution is 2.44. The van der Waals surface area contributed by atoms with Gasteiger partial charge >= 0.3 is 0 Å². The van der Waals surface area contributed by atoms with Gasteiger partial charge < -0.3 is 15.0 Å². The van der Waals surface area contributed by atoms with Gasteiger partial charge in [-0.25, -0.2) is 0 Å². The molecule has 1 N–H and O–H groups in total. The molecule has 2 aliphatic rings. The second kappa shape index (κ2) is 16.3. The van der Waals surface area contributed by atoms with E-state index in [1.807, 2.05) is 32.0 Å². The molecule has 4 rings (SSSR count). The van der Waals surface area contributed by atoms with E-state index in [0.29, 0.717) is 0 Å². The Hall–Kier alpha value is -3.35. The van der Waals surface area contributed by atoms with E-state index in [1.54, 1.807) is 19.3 Å².